The number of rotatable bonds is 3. The van der Waals surface area contributed by atoms with Crippen LogP contribution in [0.5, 0.6) is 0 Å². The van der Waals surface area contributed by atoms with Crippen LogP contribution in [0.4, 0.5) is 10.2 Å². The summed E-state index contributed by atoms with van der Waals surface area (Å²) in [4.78, 5) is 25.6. The zero-order valence-corrected chi connectivity index (χ0v) is 15.4. The van der Waals surface area contributed by atoms with Crippen molar-refractivity contribution >= 4 is 17.6 Å². The van der Waals surface area contributed by atoms with E-state index in [-0.39, 0.29) is 17.6 Å². The first-order valence-electron chi connectivity index (χ1n) is 8.91. The van der Waals surface area contributed by atoms with E-state index in [1.807, 2.05) is 13.0 Å². The molecule has 3 aromatic rings. The van der Waals surface area contributed by atoms with E-state index in [9.17, 15) is 14.0 Å². The number of nitrogens with zero attached hydrogens (tertiary/aromatic N) is 2. The molecule has 2 heterocycles. The summed E-state index contributed by atoms with van der Waals surface area (Å²) in [6, 6.07) is 13.8. The standard InChI is InChI=1S/C21H19FN4O2/c1-12-16-17(13-8-10-15(22)11-9-13)18(21(28)24-19(16)26(2)25-12)23-20(27)14-6-4-3-5-7-14/h3-11,17-18H,1-2H3,(H,23,27)(H,24,28)/t17-,18-/m1/s1. The summed E-state index contributed by atoms with van der Waals surface area (Å²) >= 11 is 0. The summed E-state index contributed by atoms with van der Waals surface area (Å²) in [5.41, 5.74) is 2.74. The molecule has 2 amide bonds. The summed E-state index contributed by atoms with van der Waals surface area (Å²) < 4.78 is 15.1. The van der Waals surface area contributed by atoms with Gasteiger partial charge in [0.1, 0.15) is 17.7 Å². The van der Waals surface area contributed by atoms with Gasteiger partial charge in [0, 0.05) is 24.1 Å². The monoisotopic (exact) mass is 378 g/mol. The predicted molar refractivity (Wildman–Crippen MR) is 103 cm³/mol. The van der Waals surface area contributed by atoms with Gasteiger partial charge in [-0.25, -0.2) is 4.39 Å². The number of aromatic nitrogens is 2. The second kappa shape index (κ2) is 6.92. The highest BCUT2D eigenvalue weighted by molar-refractivity contribution is 6.03. The molecule has 6 nitrogen and oxygen atoms in total. The Hall–Kier alpha value is -3.48. The lowest BCUT2D eigenvalue weighted by molar-refractivity contribution is -0.118. The van der Waals surface area contributed by atoms with E-state index in [1.165, 1.54) is 12.1 Å². The minimum absolute atomic E-state index is 0.339. The first-order valence-corrected chi connectivity index (χ1v) is 8.91. The number of fused-ring (bicyclic) bond motifs is 1. The van der Waals surface area contributed by atoms with E-state index in [1.54, 1.807) is 48.1 Å². The molecule has 28 heavy (non-hydrogen) atoms. The Bertz CT molecular complexity index is 1040. The number of carbonyl (C=O) groups excluding carboxylic acids is 2. The van der Waals surface area contributed by atoms with Crippen molar-refractivity contribution in [2.75, 3.05) is 5.32 Å². The van der Waals surface area contributed by atoms with Crippen molar-refractivity contribution in [3.63, 3.8) is 0 Å². The van der Waals surface area contributed by atoms with Gasteiger partial charge in [-0.2, -0.15) is 5.10 Å². The minimum Gasteiger partial charge on any atom is -0.339 e. The van der Waals surface area contributed by atoms with Crippen molar-refractivity contribution in [2.24, 2.45) is 7.05 Å². The molecule has 0 fully saturated rings. The summed E-state index contributed by atoms with van der Waals surface area (Å²) in [5.74, 6) is -0.947. The van der Waals surface area contributed by atoms with Crippen LogP contribution in [0.15, 0.2) is 54.6 Å². The Morgan fingerprint density at radius 3 is 2.50 bits per heavy atom. The Morgan fingerprint density at radius 2 is 1.82 bits per heavy atom. The normalized spacial score (nSPS) is 18.3. The zero-order valence-electron chi connectivity index (χ0n) is 15.4. The third-order valence-corrected chi connectivity index (χ3v) is 4.99. The van der Waals surface area contributed by atoms with Crippen molar-refractivity contribution in [1.82, 2.24) is 15.1 Å². The molecule has 4 rings (SSSR count). The van der Waals surface area contributed by atoms with Gasteiger partial charge in [-0.05, 0) is 36.8 Å². The number of hydrogen-bond acceptors (Lipinski definition) is 3. The van der Waals surface area contributed by atoms with Crippen LogP contribution in [0.1, 0.15) is 33.1 Å². The van der Waals surface area contributed by atoms with Gasteiger partial charge in [-0.15, -0.1) is 0 Å². The molecule has 1 aliphatic heterocycles. The zero-order chi connectivity index (χ0) is 19.8. The fourth-order valence-electron chi connectivity index (χ4n) is 3.70. The molecule has 0 aliphatic carbocycles. The number of amides is 2. The third-order valence-electron chi connectivity index (χ3n) is 4.99. The molecule has 1 aliphatic rings. The lowest BCUT2D eigenvalue weighted by Gasteiger charge is -2.32. The van der Waals surface area contributed by atoms with Gasteiger partial charge < -0.3 is 10.6 Å². The third kappa shape index (κ3) is 3.05. The molecule has 2 atom stereocenters. The maximum absolute atomic E-state index is 13.5. The fourth-order valence-corrected chi connectivity index (χ4v) is 3.70. The Kier molecular flexibility index (Phi) is 4.43. The van der Waals surface area contributed by atoms with E-state index in [2.05, 4.69) is 15.7 Å². The number of carbonyl (C=O) groups is 2. The smallest absolute Gasteiger partial charge is 0.251 e. The number of halogens is 1. The molecule has 2 N–H and O–H groups in total. The van der Waals surface area contributed by atoms with Crippen LogP contribution in [0.25, 0.3) is 0 Å². The van der Waals surface area contributed by atoms with Crippen LogP contribution in [-0.2, 0) is 11.8 Å². The van der Waals surface area contributed by atoms with Crippen LogP contribution in [0, 0.1) is 12.7 Å². The van der Waals surface area contributed by atoms with Gasteiger partial charge in [0.2, 0.25) is 5.91 Å². The highest BCUT2D eigenvalue weighted by Gasteiger charge is 2.41. The SMILES string of the molecule is Cc1nn(C)c2c1[C@@H](c1ccc(F)cc1)[C@@H](NC(=O)c1ccccc1)C(=O)N2. The lowest BCUT2D eigenvalue weighted by Crippen LogP contribution is -2.50. The van der Waals surface area contributed by atoms with Crippen molar-refractivity contribution in [3.8, 4) is 0 Å². The summed E-state index contributed by atoms with van der Waals surface area (Å²) in [6.07, 6.45) is 0. The molecule has 0 spiro atoms. The van der Waals surface area contributed by atoms with Gasteiger partial charge in [-0.1, -0.05) is 30.3 Å². The average Bonchev–Trinajstić information content (AvgIpc) is 2.97. The number of benzene rings is 2. The average molecular weight is 378 g/mol. The van der Waals surface area contributed by atoms with Gasteiger partial charge in [0.15, 0.2) is 0 Å². The second-order valence-electron chi connectivity index (χ2n) is 6.81. The molecular formula is C21H19FN4O2. The molecule has 142 valence electrons. The van der Waals surface area contributed by atoms with Gasteiger partial charge >= 0.3 is 0 Å². The minimum atomic E-state index is -0.853. The Balaban J connectivity index is 1.79. The largest absolute Gasteiger partial charge is 0.339 e. The maximum Gasteiger partial charge on any atom is 0.251 e. The molecule has 0 bridgehead atoms. The molecule has 0 radical (unpaired) electrons. The Labute approximate surface area is 161 Å². The highest BCUT2D eigenvalue weighted by Crippen LogP contribution is 2.39. The molecule has 0 saturated heterocycles. The number of aryl methyl sites for hydroxylation is 2. The van der Waals surface area contributed by atoms with Gasteiger partial charge in [0.05, 0.1) is 5.69 Å². The topological polar surface area (TPSA) is 76.0 Å². The number of hydrogen-bond donors (Lipinski definition) is 2. The van der Waals surface area contributed by atoms with Crippen LogP contribution < -0.4 is 10.6 Å². The number of anilines is 1. The first kappa shape index (κ1) is 17.9. The van der Waals surface area contributed by atoms with E-state index >= 15 is 0 Å². The van der Waals surface area contributed by atoms with Gasteiger partial charge in [-0.3, -0.25) is 14.3 Å². The molecule has 7 heteroatoms. The molecule has 2 aromatic carbocycles. The van der Waals surface area contributed by atoms with E-state index in [4.69, 9.17) is 0 Å². The van der Waals surface area contributed by atoms with Crippen molar-refractivity contribution in [3.05, 3.63) is 82.8 Å². The highest BCUT2D eigenvalue weighted by atomic mass is 19.1. The second-order valence-corrected chi connectivity index (χ2v) is 6.81. The summed E-state index contributed by atoms with van der Waals surface area (Å²) in [5, 5.41) is 10.1. The summed E-state index contributed by atoms with van der Waals surface area (Å²) in [6.45, 7) is 1.85. The Morgan fingerprint density at radius 1 is 1.14 bits per heavy atom. The van der Waals surface area contributed by atoms with Crippen LogP contribution in [0.3, 0.4) is 0 Å². The number of nitrogens with one attached hydrogen (secondary N) is 2. The molecular weight excluding hydrogens is 359 g/mol. The molecule has 0 saturated carbocycles. The van der Waals surface area contributed by atoms with Crippen LogP contribution in [-0.4, -0.2) is 27.6 Å². The molecule has 0 unspecified atom stereocenters. The maximum atomic E-state index is 13.5. The van der Waals surface area contributed by atoms with Crippen LogP contribution in [0.2, 0.25) is 0 Å². The van der Waals surface area contributed by atoms with Crippen LogP contribution >= 0.6 is 0 Å². The summed E-state index contributed by atoms with van der Waals surface area (Å²) in [7, 11) is 1.75. The first-order chi connectivity index (χ1) is 13.5. The van der Waals surface area contributed by atoms with Crippen molar-refractivity contribution < 1.29 is 14.0 Å². The lowest BCUT2D eigenvalue weighted by atomic mass is 9.82. The van der Waals surface area contributed by atoms with Crippen molar-refractivity contribution in [2.45, 2.75) is 18.9 Å². The predicted octanol–water partition coefficient (Wildman–Crippen LogP) is 2.75. The van der Waals surface area contributed by atoms with E-state index < -0.39 is 12.0 Å². The molecule has 1 aromatic heterocycles. The quantitative estimate of drug-likeness (QED) is 0.736. The van der Waals surface area contributed by atoms with Crippen molar-refractivity contribution in [1.29, 1.82) is 0 Å². The van der Waals surface area contributed by atoms with E-state index in [0.29, 0.717) is 11.4 Å². The fraction of sp³-hybridized carbons (Fsp3) is 0.190. The van der Waals surface area contributed by atoms with E-state index in [0.717, 1.165) is 16.8 Å². The van der Waals surface area contributed by atoms with Gasteiger partial charge in [0.25, 0.3) is 5.91 Å².